The summed E-state index contributed by atoms with van der Waals surface area (Å²) in [6.07, 6.45) is 1.86. The van der Waals surface area contributed by atoms with Gasteiger partial charge in [0.25, 0.3) is 0 Å². The van der Waals surface area contributed by atoms with Gasteiger partial charge in [-0.05, 0) is 59.2 Å². The Hall–Kier alpha value is -5.15. The van der Waals surface area contributed by atoms with Gasteiger partial charge in [0.15, 0.2) is 0 Å². The first kappa shape index (κ1) is 22.1. The molecule has 0 bridgehead atoms. The highest BCUT2D eigenvalue weighted by molar-refractivity contribution is 6.10. The minimum Gasteiger partial charge on any atom is -0.457 e. The van der Waals surface area contributed by atoms with Crippen LogP contribution in [0.25, 0.3) is 49.9 Å². The molecule has 0 radical (unpaired) electrons. The van der Waals surface area contributed by atoms with Crippen LogP contribution in [-0.2, 0) is 0 Å². The van der Waals surface area contributed by atoms with Gasteiger partial charge in [-0.2, -0.15) is 0 Å². The van der Waals surface area contributed by atoms with Crippen molar-refractivity contribution in [3.05, 3.63) is 146 Å². The summed E-state index contributed by atoms with van der Waals surface area (Å²) in [5, 5.41) is 2.35. The highest BCUT2D eigenvalue weighted by atomic mass is 16.5. The second-order valence-electron chi connectivity index (χ2n) is 9.27. The zero-order valence-electron chi connectivity index (χ0n) is 20.7. The molecule has 0 aliphatic rings. The molecule has 0 saturated carbocycles. The molecule has 2 aromatic heterocycles. The van der Waals surface area contributed by atoms with Crippen LogP contribution in [0.1, 0.15) is 0 Å². The fraction of sp³-hybridized carbons (Fsp3) is 0. The predicted molar refractivity (Wildman–Crippen MR) is 156 cm³/mol. The number of ether oxygens (including phenoxy) is 1. The van der Waals surface area contributed by atoms with Crippen LogP contribution in [0, 0.1) is 0 Å². The first-order chi connectivity index (χ1) is 18.8. The summed E-state index contributed by atoms with van der Waals surface area (Å²) in [6.45, 7) is 0. The number of fused-ring (bicyclic) bond motifs is 3. The Bertz CT molecular complexity index is 1890. The van der Waals surface area contributed by atoms with E-state index in [2.05, 4.69) is 108 Å². The average Bonchev–Trinajstić information content (AvgIpc) is 3.32. The molecular formula is C35H24N2O. The summed E-state index contributed by atoms with van der Waals surface area (Å²) < 4.78 is 8.67. The van der Waals surface area contributed by atoms with Crippen LogP contribution >= 0.6 is 0 Å². The van der Waals surface area contributed by atoms with E-state index in [9.17, 15) is 0 Å². The van der Waals surface area contributed by atoms with Crippen LogP contribution in [0.5, 0.6) is 11.5 Å². The van der Waals surface area contributed by atoms with E-state index in [1.54, 1.807) is 0 Å². The summed E-state index contributed by atoms with van der Waals surface area (Å²) in [5.74, 6) is 2.48. The van der Waals surface area contributed by atoms with Crippen molar-refractivity contribution in [2.45, 2.75) is 0 Å². The van der Waals surface area contributed by atoms with Crippen molar-refractivity contribution >= 4 is 21.8 Å². The van der Waals surface area contributed by atoms with Crippen molar-refractivity contribution in [2.75, 3.05) is 0 Å². The normalized spacial score (nSPS) is 11.2. The Morgan fingerprint density at radius 2 is 1.16 bits per heavy atom. The Labute approximate surface area is 221 Å². The summed E-state index contributed by atoms with van der Waals surface area (Å²) in [4.78, 5) is 4.88. The molecule has 3 heteroatoms. The summed E-state index contributed by atoms with van der Waals surface area (Å²) in [7, 11) is 0. The largest absolute Gasteiger partial charge is 0.457 e. The number of para-hydroxylation sites is 1. The zero-order chi connectivity index (χ0) is 25.3. The van der Waals surface area contributed by atoms with Gasteiger partial charge >= 0.3 is 0 Å². The van der Waals surface area contributed by atoms with Crippen LogP contribution < -0.4 is 4.74 Å². The van der Waals surface area contributed by atoms with Gasteiger partial charge in [-0.3, -0.25) is 4.57 Å². The molecule has 38 heavy (non-hydrogen) atoms. The first-order valence-corrected chi connectivity index (χ1v) is 12.7. The third kappa shape index (κ3) is 3.91. The lowest BCUT2D eigenvalue weighted by Gasteiger charge is -2.13. The quantitative estimate of drug-likeness (QED) is 0.241. The van der Waals surface area contributed by atoms with E-state index in [0.29, 0.717) is 0 Å². The predicted octanol–water partition coefficient (Wildman–Crippen LogP) is 9.30. The second-order valence-corrected chi connectivity index (χ2v) is 9.27. The minimum absolute atomic E-state index is 0.781. The summed E-state index contributed by atoms with van der Waals surface area (Å²) >= 11 is 0. The highest BCUT2D eigenvalue weighted by Crippen LogP contribution is 2.37. The van der Waals surface area contributed by atoms with Crippen molar-refractivity contribution in [1.29, 1.82) is 0 Å². The molecule has 0 atom stereocenters. The van der Waals surface area contributed by atoms with Crippen LogP contribution in [0.3, 0.4) is 0 Å². The lowest BCUT2D eigenvalue weighted by Crippen LogP contribution is -2.00. The molecule has 2 heterocycles. The van der Waals surface area contributed by atoms with E-state index in [4.69, 9.17) is 9.72 Å². The Kier molecular flexibility index (Phi) is 5.45. The lowest BCUT2D eigenvalue weighted by molar-refractivity contribution is 0.483. The van der Waals surface area contributed by atoms with Crippen molar-refractivity contribution in [3.63, 3.8) is 0 Å². The number of nitrogens with zero attached hydrogens (tertiary/aromatic N) is 2. The smallest absolute Gasteiger partial charge is 0.145 e. The van der Waals surface area contributed by atoms with Crippen molar-refractivity contribution in [3.8, 4) is 39.6 Å². The molecule has 0 unspecified atom stereocenters. The van der Waals surface area contributed by atoms with Crippen molar-refractivity contribution in [1.82, 2.24) is 9.55 Å². The molecular weight excluding hydrogens is 464 g/mol. The highest BCUT2D eigenvalue weighted by Gasteiger charge is 2.17. The maximum Gasteiger partial charge on any atom is 0.145 e. The third-order valence-corrected chi connectivity index (χ3v) is 6.91. The van der Waals surface area contributed by atoms with Gasteiger partial charge in [0.2, 0.25) is 0 Å². The SMILES string of the molecule is c1ccc(-c2cccc(Oc3ccc4c5ccccc5n(-c5ncccc5-c5ccccc5)c4c3)c2)cc1. The van der Waals surface area contributed by atoms with Crippen LogP contribution in [0.15, 0.2) is 146 Å². The van der Waals surface area contributed by atoms with E-state index < -0.39 is 0 Å². The van der Waals surface area contributed by atoms with Gasteiger partial charge in [0, 0.05) is 28.6 Å². The number of aromatic nitrogens is 2. The Balaban J connectivity index is 1.38. The van der Waals surface area contributed by atoms with E-state index in [1.807, 2.05) is 42.6 Å². The molecule has 0 aliphatic heterocycles. The fourth-order valence-electron chi connectivity index (χ4n) is 5.17. The standard InChI is InChI=1S/C35H24N2O/c1-3-11-25(12-4-1)27-15-9-16-28(23-27)38-29-20-21-32-31-17-7-8-19-33(31)37(34(32)24-29)35-30(18-10-22-36-35)26-13-5-2-6-14-26/h1-24H. The summed E-state index contributed by atoms with van der Waals surface area (Å²) in [6, 6.07) is 47.9. The average molecular weight is 489 g/mol. The number of hydrogen-bond donors (Lipinski definition) is 0. The molecule has 7 aromatic rings. The maximum absolute atomic E-state index is 6.42. The van der Waals surface area contributed by atoms with Gasteiger partial charge in [-0.1, -0.05) is 91.0 Å². The molecule has 5 aromatic carbocycles. The van der Waals surface area contributed by atoms with Crippen LogP contribution in [0.4, 0.5) is 0 Å². The molecule has 0 spiro atoms. The number of hydrogen-bond acceptors (Lipinski definition) is 2. The number of benzene rings is 5. The number of rotatable bonds is 5. The molecule has 180 valence electrons. The van der Waals surface area contributed by atoms with Crippen LogP contribution in [0.2, 0.25) is 0 Å². The molecule has 3 nitrogen and oxygen atoms in total. The summed E-state index contributed by atoms with van der Waals surface area (Å²) in [5.41, 5.74) is 6.67. The molecule has 0 fully saturated rings. The fourth-order valence-corrected chi connectivity index (χ4v) is 5.17. The van der Waals surface area contributed by atoms with E-state index in [1.165, 1.54) is 5.39 Å². The van der Waals surface area contributed by atoms with E-state index in [-0.39, 0.29) is 0 Å². The lowest BCUT2D eigenvalue weighted by atomic mass is 10.1. The molecule has 0 N–H and O–H groups in total. The molecule has 0 amide bonds. The Morgan fingerprint density at radius 1 is 0.474 bits per heavy atom. The molecule has 7 rings (SSSR count). The van der Waals surface area contributed by atoms with Gasteiger partial charge in [0.05, 0.1) is 11.0 Å². The van der Waals surface area contributed by atoms with Crippen molar-refractivity contribution < 1.29 is 4.74 Å². The Morgan fingerprint density at radius 3 is 2.00 bits per heavy atom. The molecule has 0 saturated heterocycles. The number of pyridine rings is 1. The van der Waals surface area contributed by atoms with E-state index in [0.717, 1.165) is 56.0 Å². The van der Waals surface area contributed by atoms with Gasteiger partial charge < -0.3 is 4.74 Å². The van der Waals surface area contributed by atoms with Crippen LogP contribution in [-0.4, -0.2) is 9.55 Å². The second kappa shape index (κ2) is 9.38. The van der Waals surface area contributed by atoms with Gasteiger partial charge in [-0.25, -0.2) is 4.98 Å². The van der Waals surface area contributed by atoms with Gasteiger partial charge in [0.1, 0.15) is 17.3 Å². The zero-order valence-corrected chi connectivity index (χ0v) is 20.7. The maximum atomic E-state index is 6.42. The van der Waals surface area contributed by atoms with E-state index >= 15 is 0 Å². The third-order valence-electron chi connectivity index (χ3n) is 6.91. The minimum atomic E-state index is 0.781. The molecule has 0 aliphatic carbocycles. The van der Waals surface area contributed by atoms with Gasteiger partial charge in [-0.15, -0.1) is 0 Å². The first-order valence-electron chi connectivity index (χ1n) is 12.7. The monoisotopic (exact) mass is 488 g/mol. The topological polar surface area (TPSA) is 27.1 Å². The van der Waals surface area contributed by atoms with Crippen molar-refractivity contribution in [2.24, 2.45) is 0 Å².